The number of rotatable bonds is 2. The standard InChI is InChI=1S/C13H19FO2S/c1-12(2,3)13(4,5)17(15,16)11-8-6-10(14)7-9-11/h6-9H,1-5H3. The molecule has 1 aromatic carbocycles. The summed E-state index contributed by atoms with van der Waals surface area (Å²) in [6.07, 6.45) is 0. The van der Waals surface area contributed by atoms with Crippen LogP contribution < -0.4 is 0 Å². The number of hydrogen-bond donors (Lipinski definition) is 0. The van der Waals surface area contributed by atoms with E-state index in [0.29, 0.717) is 0 Å². The van der Waals surface area contributed by atoms with Gasteiger partial charge in [-0.25, -0.2) is 12.8 Å². The van der Waals surface area contributed by atoms with E-state index in [2.05, 4.69) is 0 Å². The molecule has 1 aromatic rings. The zero-order chi connectivity index (χ0) is 13.5. The maximum Gasteiger partial charge on any atom is 0.184 e. The maximum absolute atomic E-state index is 12.8. The van der Waals surface area contributed by atoms with E-state index in [0.717, 1.165) is 0 Å². The van der Waals surface area contributed by atoms with Gasteiger partial charge in [0.15, 0.2) is 9.84 Å². The largest absolute Gasteiger partial charge is 0.223 e. The minimum Gasteiger partial charge on any atom is -0.223 e. The van der Waals surface area contributed by atoms with E-state index in [4.69, 9.17) is 0 Å². The van der Waals surface area contributed by atoms with E-state index in [1.54, 1.807) is 13.8 Å². The van der Waals surface area contributed by atoms with Crippen molar-refractivity contribution in [2.24, 2.45) is 5.41 Å². The highest BCUT2D eigenvalue weighted by atomic mass is 32.2. The monoisotopic (exact) mass is 258 g/mol. The molecule has 0 aliphatic heterocycles. The number of hydrogen-bond acceptors (Lipinski definition) is 2. The fourth-order valence-electron chi connectivity index (χ4n) is 1.31. The summed E-state index contributed by atoms with van der Waals surface area (Å²) in [5.41, 5.74) is -0.403. The summed E-state index contributed by atoms with van der Waals surface area (Å²) in [7, 11) is -3.48. The van der Waals surface area contributed by atoms with Crippen LogP contribution in [0.1, 0.15) is 34.6 Å². The van der Waals surface area contributed by atoms with Crippen molar-refractivity contribution in [1.82, 2.24) is 0 Å². The highest BCUT2D eigenvalue weighted by Gasteiger charge is 2.45. The van der Waals surface area contributed by atoms with Crippen LogP contribution in [0.5, 0.6) is 0 Å². The van der Waals surface area contributed by atoms with Crippen molar-refractivity contribution < 1.29 is 12.8 Å². The predicted molar refractivity (Wildman–Crippen MR) is 67.1 cm³/mol. The first-order chi connectivity index (χ1) is 7.50. The molecule has 17 heavy (non-hydrogen) atoms. The van der Waals surface area contributed by atoms with Crippen molar-refractivity contribution in [2.75, 3.05) is 0 Å². The second kappa shape index (κ2) is 4.09. The lowest BCUT2D eigenvalue weighted by molar-refractivity contribution is 0.302. The topological polar surface area (TPSA) is 34.1 Å². The molecule has 0 heterocycles. The summed E-state index contributed by atoms with van der Waals surface area (Å²) in [5.74, 6) is -0.433. The summed E-state index contributed by atoms with van der Waals surface area (Å²) >= 11 is 0. The third-order valence-corrected chi connectivity index (χ3v) is 6.45. The van der Waals surface area contributed by atoms with Crippen LogP contribution in [0, 0.1) is 11.2 Å². The number of benzene rings is 1. The lowest BCUT2D eigenvalue weighted by atomic mass is 9.83. The quantitative estimate of drug-likeness (QED) is 0.762. The lowest BCUT2D eigenvalue weighted by Crippen LogP contribution is -2.44. The van der Waals surface area contributed by atoms with Gasteiger partial charge in [-0.3, -0.25) is 0 Å². The molecular weight excluding hydrogens is 239 g/mol. The van der Waals surface area contributed by atoms with Crippen LogP contribution in [-0.2, 0) is 9.84 Å². The van der Waals surface area contributed by atoms with Crippen molar-refractivity contribution >= 4 is 9.84 Å². The Balaban J connectivity index is 3.35. The van der Waals surface area contributed by atoms with E-state index in [9.17, 15) is 12.8 Å². The van der Waals surface area contributed by atoms with E-state index in [1.165, 1.54) is 24.3 Å². The molecule has 0 aliphatic rings. The average molecular weight is 258 g/mol. The molecule has 0 aromatic heterocycles. The first-order valence-corrected chi connectivity index (χ1v) is 6.99. The Hall–Kier alpha value is -0.900. The Labute approximate surface area is 103 Å². The molecule has 0 spiro atoms. The molecule has 0 radical (unpaired) electrons. The zero-order valence-corrected chi connectivity index (χ0v) is 11.7. The molecular formula is C13H19FO2S. The fourth-order valence-corrected chi connectivity index (χ4v) is 3.20. The summed E-state index contributed by atoms with van der Waals surface area (Å²) in [6.45, 7) is 9.05. The Bertz CT molecular complexity index is 493. The SMILES string of the molecule is CC(C)(C)C(C)(C)S(=O)(=O)c1ccc(F)cc1. The van der Waals surface area contributed by atoms with Crippen LogP contribution in [0.2, 0.25) is 0 Å². The Morgan fingerprint density at radius 2 is 1.35 bits per heavy atom. The van der Waals surface area contributed by atoms with Gasteiger partial charge in [-0.15, -0.1) is 0 Å². The van der Waals surface area contributed by atoms with Crippen molar-refractivity contribution in [3.63, 3.8) is 0 Å². The van der Waals surface area contributed by atoms with Gasteiger partial charge in [0.2, 0.25) is 0 Å². The van der Waals surface area contributed by atoms with Gasteiger partial charge in [0, 0.05) is 0 Å². The van der Waals surface area contributed by atoms with Gasteiger partial charge in [0.25, 0.3) is 0 Å². The molecule has 96 valence electrons. The van der Waals surface area contributed by atoms with Crippen molar-refractivity contribution in [3.8, 4) is 0 Å². The number of sulfone groups is 1. The predicted octanol–water partition coefficient (Wildman–Crippen LogP) is 3.42. The van der Waals surface area contributed by atoms with E-state index >= 15 is 0 Å². The third-order valence-electron chi connectivity index (χ3n) is 3.60. The van der Waals surface area contributed by atoms with Crippen LogP contribution in [0.4, 0.5) is 4.39 Å². The molecule has 0 aliphatic carbocycles. The second-order valence-corrected chi connectivity index (χ2v) is 8.22. The smallest absolute Gasteiger partial charge is 0.184 e. The maximum atomic E-state index is 12.8. The highest BCUT2D eigenvalue weighted by molar-refractivity contribution is 7.92. The lowest BCUT2D eigenvalue weighted by Gasteiger charge is -2.38. The molecule has 2 nitrogen and oxygen atoms in total. The summed E-state index contributed by atoms with van der Waals surface area (Å²) < 4.78 is 36.9. The first-order valence-electron chi connectivity index (χ1n) is 5.50. The van der Waals surface area contributed by atoms with Gasteiger partial charge in [-0.05, 0) is 43.5 Å². The van der Waals surface area contributed by atoms with Crippen molar-refractivity contribution in [1.29, 1.82) is 0 Å². The van der Waals surface area contributed by atoms with Crippen molar-refractivity contribution in [2.45, 2.75) is 44.3 Å². The van der Waals surface area contributed by atoms with Crippen molar-refractivity contribution in [3.05, 3.63) is 30.1 Å². The Kier molecular flexibility index (Phi) is 3.41. The first kappa shape index (κ1) is 14.2. The van der Waals surface area contributed by atoms with Gasteiger partial charge < -0.3 is 0 Å². The van der Waals surface area contributed by atoms with Crippen LogP contribution in [0.15, 0.2) is 29.2 Å². The average Bonchev–Trinajstić information content (AvgIpc) is 2.16. The summed E-state index contributed by atoms with van der Waals surface area (Å²) in [6, 6.07) is 4.98. The molecule has 0 amide bonds. The second-order valence-electron chi connectivity index (χ2n) is 5.72. The van der Waals surface area contributed by atoms with Gasteiger partial charge >= 0.3 is 0 Å². The minimum atomic E-state index is -3.48. The molecule has 0 saturated heterocycles. The highest BCUT2D eigenvalue weighted by Crippen LogP contribution is 2.40. The van der Waals surface area contributed by atoms with E-state index in [-0.39, 0.29) is 4.90 Å². The molecule has 0 bridgehead atoms. The van der Waals surface area contributed by atoms with Crippen LogP contribution in [-0.4, -0.2) is 13.2 Å². The molecule has 0 saturated carbocycles. The fraction of sp³-hybridized carbons (Fsp3) is 0.538. The van der Waals surface area contributed by atoms with Crippen LogP contribution in [0.25, 0.3) is 0 Å². The third kappa shape index (κ3) is 2.37. The van der Waals surface area contributed by atoms with Gasteiger partial charge in [-0.1, -0.05) is 20.8 Å². The van der Waals surface area contributed by atoms with Gasteiger partial charge in [-0.2, -0.15) is 0 Å². The zero-order valence-electron chi connectivity index (χ0n) is 10.9. The van der Waals surface area contributed by atoms with Gasteiger partial charge in [0.05, 0.1) is 9.64 Å². The molecule has 4 heteroatoms. The van der Waals surface area contributed by atoms with Crippen LogP contribution >= 0.6 is 0 Å². The molecule has 0 fully saturated rings. The van der Waals surface area contributed by atoms with Gasteiger partial charge in [0.1, 0.15) is 5.82 Å². The molecule has 1 rings (SSSR count). The molecule has 0 unspecified atom stereocenters. The summed E-state index contributed by atoms with van der Waals surface area (Å²) in [4.78, 5) is 0.166. The molecule has 0 N–H and O–H groups in total. The Morgan fingerprint density at radius 3 is 1.71 bits per heavy atom. The van der Waals surface area contributed by atoms with E-state index in [1.807, 2.05) is 20.8 Å². The van der Waals surface area contributed by atoms with E-state index < -0.39 is 25.8 Å². The Morgan fingerprint density at radius 1 is 0.941 bits per heavy atom. The molecule has 0 atom stereocenters. The number of halogens is 1. The minimum absolute atomic E-state index is 0.166. The summed E-state index contributed by atoms with van der Waals surface area (Å²) in [5, 5.41) is 0. The normalized spacial score (nSPS) is 13.8. The van der Waals surface area contributed by atoms with Crippen LogP contribution in [0.3, 0.4) is 0 Å².